The lowest BCUT2D eigenvalue weighted by Crippen LogP contribution is -2.49. The molecule has 5 unspecified atom stereocenters. The van der Waals surface area contributed by atoms with Crippen LogP contribution < -0.4 is 4.90 Å². The molecule has 0 amide bonds. The molecule has 2 saturated heterocycles. The highest BCUT2D eigenvalue weighted by atomic mass is 16.6. The number of esters is 1. The average molecular weight is 397 g/mol. The van der Waals surface area contributed by atoms with Crippen molar-refractivity contribution in [2.45, 2.75) is 45.6 Å². The molecule has 3 fully saturated rings. The van der Waals surface area contributed by atoms with Gasteiger partial charge in [0.1, 0.15) is 6.10 Å². The Kier molecular flexibility index (Phi) is 4.85. The molecule has 29 heavy (non-hydrogen) atoms. The third kappa shape index (κ3) is 3.45. The third-order valence-corrected chi connectivity index (χ3v) is 7.74. The zero-order chi connectivity index (χ0) is 20.0. The molecule has 2 aliphatic carbocycles. The van der Waals surface area contributed by atoms with Crippen molar-refractivity contribution in [1.29, 1.82) is 0 Å². The fourth-order valence-electron chi connectivity index (χ4n) is 6.12. The smallest absolute Gasteiger partial charge is 0.311 e. The van der Waals surface area contributed by atoms with Gasteiger partial charge in [-0.15, -0.1) is 0 Å². The Morgan fingerprint density at radius 3 is 2.72 bits per heavy atom. The molecule has 0 spiro atoms. The summed E-state index contributed by atoms with van der Waals surface area (Å²) in [6.07, 6.45) is 10.9. The van der Waals surface area contributed by atoms with E-state index < -0.39 is 0 Å². The minimum absolute atomic E-state index is 0.0144. The predicted octanol–water partition coefficient (Wildman–Crippen LogP) is 2.91. The molecule has 2 aliphatic heterocycles. The molecule has 5 atom stereocenters. The lowest BCUT2D eigenvalue weighted by atomic mass is 9.59. The van der Waals surface area contributed by atoms with Gasteiger partial charge in [0.15, 0.2) is 0 Å². The molecule has 4 aliphatic rings. The topological polar surface area (TPSA) is 58.6 Å². The number of ether oxygens (including phenoxy) is 1. The summed E-state index contributed by atoms with van der Waals surface area (Å²) in [5.41, 5.74) is 1.83. The van der Waals surface area contributed by atoms with Gasteiger partial charge >= 0.3 is 5.97 Å². The van der Waals surface area contributed by atoms with E-state index in [0.29, 0.717) is 5.92 Å². The van der Waals surface area contributed by atoms with Crippen LogP contribution in [0.2, 0.25) is 0 Å². The van der Waals surface area contributed by atoms with Crippen LogP contribution in [0, 0.1) is 23.2 Å². The zero-order valence-corrected chi connectivity index (χ0v) is 17.6. The molecular weight excluding hydrogens is 364 g/mol. The largest absolute Gasteiger partial charge is 0.461 e. The van der Waals surface area contributed by atoms with Crippen LogP contribution in [0.25, 0.3) is 0 Å². The summed E-state index contributed by atoms with van der Waals surface area (Å²) >= 11 is 0. The number of carbonyl (C=O) groups excluding carboxylic acids is 1. The molecule has 0 bridgehead atoms. The summed E-state index contributed by atoms with van der Waals surface area (Å²) in [6, 6.07) is 1.85. The Hall–Kier alpha value is -1.95. The summed E-state index contributed by atoms with van der Waals surface area (Å²) < 4.78 is 5.92. The molecule has 6 nitrogen and oxygen atoms in total. The fraction of sp³-hybridized carbons (Fsp3) is 0.696. The van der Waals surface area contributed by atoms with Gasteiger partial charge in [-0.3, -0.25) is 9.69 Å². The Morgan fingerprint density at radius 1 is 1.21 bits per heavy atom. The maximum Gasteiger partial charge on any atom is 0.311 e. The minimum Gasteiger partial charge on any atom is -0.461 e. The van der Waals surface area contributed by atoms with Crippen molar-refractivity contribution in [3.63, 3.8) is 0 Å². The molecule has 1 aromatic heterocycles. The summed E-state index contributed by atoms with van der Waals surface area (Å²) in [7, 11) is 0. The van der Waals surface area contributed by atoms with Crippen molar-refractivity contribution in [3.8, 4) is 0 Å². The van der Waals surface area contributed by atoms with E-state index in [-0.39, 0.29) is 29.3 Å². The molecule has 1 aromatic rings. The van der Waals surface area contributed by atoms with Crippen LogP contribution in [0.3, 0.4) is 0 Å². The van der Waals surface area contributed by atoms with Gasteiger partial charge in [0.2, 0.25) is 5.95 Å². The fourth-order valence-corrected chi connectivity index (χ4v) is 6.12. The van der Waals surface area contributed by atoms with Gasteiger partial charge in [0.25, 0.3) is 0 Å². The second kappa shape index (κ2) is 7.38. The second-order valence-corrected chi connectivity index (χ2v) is 9.68. The highest BCUT2D eigenvalue weighted by Crippen LogP contribution is 2.54. The lowest BCUT2D eigenvalue weighted by molar-refractivity contribution is -0.145. The number of hydrogen-bond acceptors (Lipinski definition) is 6. The Balaban J connectivity index is 1.27. The van der Waals surface area contributed by atoms with Crippen molar-refractivity contribution in [1.82, 2.24) is 14.9 Å². The number of hydrogen-bond donors (Lipinski definition) is 0. The highest BCUT2D eigenvalue weighted by molar-refractivity contribution is 5.76. The molecule has 1 saturated carbocycles. The van der Waals surface area contributed by atoms with Crippen molar-refractivity contribution >= 4 is 11.9 Å². The number of aromatic nitrogens is 2. The van der Waals surface area contributed by atoms with Crippen LogP contribution >= 0.6 is 0 Å². The van der Waals surface area contributed by atoms with Crippen LogP contribution in [-0.4, -0.2) is 59.7 Å². The summed E-state index contributed by atoms with van der Waals surface area (Å²) in [4.78, 5) is 26.2. The SMILES string of the molecule is CC1CCCC2(C)CC3OC(=O)C(CN4CCN(c5ncccn5)CC4)C3C=C12. The van der Waals surface area contributed by atoms with Gasteiger partial charge in [-0.1, -0.05) is 31.9 Å². The maximum absolute atomic E-state index is 12.8. The van der Waals surface area contributed by atoms with Gasteiger partial charge in [0, 0.05) is 51.0 Å². The van der Waals surface area contributed by atoms with E-state index >= 15 is 0 Å². The van der Waals surface area contributed by atoms with Crippen LogP contribution in [0.15, 0.2) is 30.1 Å². The summed E-state index contributed by atoms with van der Waals surface area (Å²) in [6.45, 7) is 9.22. The van der Waals surface area contributed by atoms with Gasteiger partial charge in [-0.25, -0.2) is 9.97 Å². The van der Waals surface area contributed by atoms with Gasteiger partial charge in [0.05, 0.1) is 5.92 Å². The van der Waals surface area contributed by atoms with Crippen LogP contribution in [0.5, 0.6) is 0 Å². The van der Waals surface area contributed by atoms with Crippen molar-refractivity contribution in [2.75, 3.05) is 37.6 Å². The first-order valence-electron chi connectivity index (χ1n) is 11.2. The zero-order valence-electron chi connectivity index (χ0n) is 17.6. The van der Waals surface area contributed by atoms with Gasteiger partial charge < -0.3 is 9.64 Å². The molecular formula is C23H32N4O2. The van der Waals surface area contributed by atoms with E-state index in [0.717, 1.165) is 45.1 Å². The van der Waals surface area contributed by atoms with Crippen molar-refractivity contribution < 1.29 is 9.53 Å². The monoisotopic (exact) mass is 396 g/mol. The van der Waals surface area contributed by atoms with Crippen molar-refractivity contribution in [2.24, 2.45) is 23.2 Å². The standard InChI is InChI=1S/C23H32N4O2/c1-16-5-3-6-23(2)14-20-17(13-19(16)23)18(21(28)29-20)15-26-9-11-27(12-10-26)22-24-7-4-8-25-22/h4,7-8,13,16-18,20H,3,5-6,9-12,14-15H2,1-2H3. The quantitative estimate of drug-likeness (QED) is 0.578. The van der Waals surface area contributed by atoms with Crippen LogP contribution in [0.4, 0.5) is 5.95 Å². The first-order valence-corrected chi connectivity index (χ1v) is 11.2. The molecule has 0 radical (unpaired) electrons. The van der Waals surface area contributed by atoms with E-state index in [1.54, 1.807) is 18.0 Å². The van der Waals surface area contributed by atoms with E-state index in [2.05, 4.69) is 39.7 Å². The van der Waals surface area contributed by atoms with E-state index in [1.165, 1.54) is 19.3 Å². The molecule has 6 heteroatoms. The number of anilines is 1. The number of piperazine rings is 1. The van der Waals surface area contributed by atoms with Crippen LogP contribution in [-0.2, 0) is 9.53 Å². The van der Waals surface area contributed by atoms with E-state index in [9.17, 15) is 4.79 Å². The van der Waals surface area contributed by atoms with Gasteiger partial charge in [-0.2, -0.15) is 0 Å². The predicted molar refractivity (Wildman–Crippen MR) is 111 cm³/mol. The number of carbonyl (C=O) groups is 1. The van der Waals surface area contributed by atoms with Gasteiger partial charge in [-0.05, 0) is 36.7 Å². The van der Waals surface area contributed by atoms with Crippen molar-refractivity contribution in [3.05, 3.63) is 30.1 Å². The first kappa shape index (κ1) is 19.0. The second-order valence-electron chi connectivity index (χ2n) is 9.68. The van der Waals surface area contributed by atoms with Crippen LogP contribution in [0.1, 0.15) is 39.5 Å². The van der Waals surface area contributed by atoms with E-state index in [4.69, 9.17) is 4.74 Å². The third-order valence-electron chi connectivity index (χ3n) is 7.74. The Bertz CT molecular complexity index is 789. The first-order chi connectivity index (χ1) is 14.0. The normalized spacial score (nSPS) is 37.5. The lowest BCUT2D eigenvalue weighted by Gasteiger charge is -2.46. The number of nitrogens with zero attached hydrogens (tertiary/aromatic N) is 4. The molecule has 156 valence electrons. The number of rotatable bonds is 3. The molecule has 5 rings (SSSR count). The highest BCUT2D eigenvalue weighted by Gasteiger charge is 2.52. The minimum atomic E-state index is -0.0225. The molecule has 0 aromatic carbocycles. The Labute approximate surface area is 173 Å². The Morgan fingerprint density at radius 2 is 1.97 bits per heavy atom. The molecule has 0 N–H and O–H groups in total. The average Bonchev–Trinajstić information content (AvgIpc) is 3.01. The molecule has 3 heterocycles. The van der Waals surface area contributed by atoms with E-state index in [1.807, 2.05) is 6.07 Å². The summed E-state index contributed by atoms with van der Waals surface area (Å²) in [5.74, 6) is 1.68. The maximum atomic E-state index is 12.8. The number of fused-ring (bicyclic) bond motifs is 2. The summed E-state index contributed by atoms with van der Waals surface area (Å²) in [5, 5.41) is 0. The number of allylic oxidation sites excluding steroid dienone is 1.